The third kappa shape index (κ3) is 3.75. The molecule has 7 rings (SSSR count). The van der Waals surface area contributed by atoms with Crippen LogP contribution in [0.1, 0.15) is 57.2 Å². The van der Waals surface area contributed by atoms with Gasteiger partial charge in [-0.15, -0.1) is 0 Å². The summed E-state index contributed by atoms with van der Waals surface area (Å²) in [6, 6.07) is 33.7. The van der Waals surface area contributed by atoms with E-state index in [-0.39, 0.29) is 5.41 Å². The average molecular weight is 537 g/mol. The highest BCUT2D eigenvalue weighted by Gasteiger charge is 2.28. The Hall–Kier alpha value is -4.37. The van der Waals surface area contributed by atoms with Gasteiger partial charge in [-0.2, -0.15) is 4.57 Å². The van der Waals surface area contributed by atoms with Crippen LogP contribution in [0.3, 0.4) is 0 Å². The number of aryl methyl sites for hydroxylation is 2. The van der Waals surface area contributed by atoms with E-state index in [1.54, 1.807) is 0 Å². The van der Waals surface area contributed by atoms with Crippen molar-refractivity contribution in [3.8, 4) is 11.5 Å². The molecule has 7 aromatic rings. The van der Waals surface area contributed by atoms with Gasteiger partial charge < -0.3 is 4.57 Å². The Balaban J connectivity index is 1.69. The highest BCUT2D eigenvalue weighted by molar-refractivity contribution is 6.17. The van der Waals surface area contributed by atoms with Crippen molar-refractivity contribution in [3.05, 3.63) is 114 Å². The number of pyridine rings is 1. The largest absolute Gasteiger partial charge is 0.308 e. The van der Waals surface area contributed by atoms with Gasteiger partial charge in [0.2, 0.25) is 0 Å². The highest BCUT2D eigenvalue weighted by Crippen LogP contribution is 2.41. The number of hydrogen-bond acceptors (Lipinski definition) is 0. The molecule has 0 radical (unpaired) electrons. The maximum absolute atomic E-state index is 2.51. The first-order valence-corrected chi connectivity index (χ1v) is 14.7. The lowest BCUT2D eigenvalue weighted by Crippen LogP contribution is -2.34. The van der Waals surface area contributed by atoms with Crippen molar-refractivity contribution in [1.82, 2.24) is 9.13 Å². The minimum Gasteiger partial charge on any atom is -0.308 e. The molecule has 0 N–H and O–H groups in total. The van der Waals surface area contributed by atoms with E-state index < -0.39 is 0 Å². The molecule has 0 aliphatic heterocycles. The molecule has 0 aliphatic rings. The summed E-state index contributed by atoms with van der Waals surface area (Å²) < 4.78 is 7.25. The smallest absolute Gasteiger partial charge is 0.287 e. The molecule has 0 bridgehead atoms. The monoisotopic (exact) mass is 536 g/mol. The fourth-order valence-electron chi connectivity index (χ4n) is 6.79. The molecule has 0 atom stereocenters. The molecular weight excluding hydrogens is 498 g/mol. The summed E-state index contributed by atoms with van der Waals surface area (Å²) in [5.41, 5.74) is 10.3. The van der Waals surface area contributed by atoms with E-state index in [1.807, 2.05) is 0 Å². The van der Waals surface area contributed by atoms with Crippen molar-refractivity contribution in [2.75, 3.05) is 0 Å². The molecule has 3 aromatic heterocycles. The van der Waals surface area contributed by atoms with Crippen LogP contribution >= 0.6 is 0 Å². The lowest BCUT2D eigenvalue weighted by atomic mass is 9.87. The topological polar surface area (TPSA) is 13.7 Å². The number of hydrogen-bond donors (Lipinski definition) is 0. The summed E-state index contributed by atoms with van der Waals surface area (Å²) in [5, 5.41) is 5.15. The van der Waals surface area contributed by atoms with Crippen LogP contribution in [0.4, 0.5) is 0 Å². The zero-order valence-electron chi connectivity index (χ0n) is 25.2. The first-order valence-electron chi connectivity index (χ1n) is 14.7. The number of fused-ring (bicyclic) bond motifs is 6. The Kier molecular flexibility index (Phi) is 5.66. The molecule has 0 amide bonds. The van der Waals surface area contributed by atoms with Crippen molar-refractivity contribution in [3.63, 3.8) is 0 Å². The van der Waals surface area contributed by atoms with E-state index >= 15 is 0 Å². The Bertz CT molecular complexity index is 2080. The average Bonchev–Trinajstić information content (AvgIpc) is 3.46. The van der Waals surface area contributed by atoms with Crippen LogP contribution in [0, 0.1) is 6.92 Å². The zero-order valence-corrected chi connectivity index (χ0v) is 25.2. The fraction of sp³-hybridized carbons (Fsp3) is 0.237. The Morgan fingerprint density at radius 1 is 0.683 bits per heavy atom. The molecule has 41 heavy (non-hydrogen) atoms. The number of aromatic nitrogens is 3. The lowest BCUT2D eigenvalue weighted by Gasteiger charge is -2.19. The SMILES string of the molecule is Cc1c(C(C)C)ccc2c3c(-n4c5ccccc5c5ccccc54)cccc3n(-c3cc(C(C)(C)C)cc[n+]3C)c12. The summed E-state index contributed by atoms with van der Waals surface area (Å²) in [6.45, 7) is 13.8. The van der Waals surface area contributed by atoms with Gasteiger partial charge in [-0.3, -0.25) is 0 Å². The summed E-state index contributed by atoms with van der Waals surface area (Å²) in [6.07, 6.45) is 2.21. The van der Waals surface area contributed by atoms with Crippen LogP contribution in [-0.4, -0.2) is 9.13 Å². The molecule has 0 saturated heterocycles. The van der Waals surface area contributed by atoms with Gasteiger partial charge in [-0.05, 0) is 65.8 Å². The minimum atomic E-state index is 0.0496. The van der Waals surface area contributed by atoms with Crippen LogP contribution in [0.25, 0.3) is 55.1 Å². The molecule has 0 saturated carbocycles. The van der Waals surface area contributed by atoms with Crippen molar-refractivity contribution in [1.29, 1.82) is 0 Å². The lowest BCUT2D eigenvalue weighted by molar-refractivity contribution is -0.665. The highest BCUT2D eigenvalue weighted by atomic mass is 15.1. The van der Waals surface area contributed by atoms with Gasteiger partial charge in [-0.25, -0.2) is 4.57 Å². The summed E-state index contributed by atoms with van der Waals surface area (Å²) in [5.74, 6) is 1.62. The number of para-hydroxylation sites is 2. The van der Waals surface area contributed by atoms with Crippen molar-refractivity contribution in [2.45, 2.75) is 52.9 Å². The second-order valence-electron chi connectivity index (χ2n) is 12.8. The molecule has 3 heterocycles. The quantitative estimate of drug-likeness (QED) is 0.200. The Labute approximate surface area is 242 Å². The predicted octanol–water partition coefficient (Wildman–Crippen LogP) is 9.43. The van der Waals surface area contributed by atoms with E-state index in [2.05, 4.69) is 159 Å². The van der Waals surface area contributed by atoms with Gasteiger partial charge in [0.25, 0.3) is 5.82 Å². The molecule has 0 aliphatic carbocycles. The molecule has 4 aromatic carbocycles. The van der Waals surface area contributed by atoms with Gasteiger partial charge in [0.05, 0.1) is 35.4 Å². The Morgan fingerprint density at radius 2 is 1.32 bits per heavy atom. The molecule has 0 spiro atoms. The molecule has 204 valence electrons. The van der Waals surface area contributed by atoms with Crippen LogP contribution in [0.2, 0.25) is 0 Å². The normalized spacial score (nSPS) is 12.5. The molecule has 0 unspecified atom stereocenters. The second-order valence-corrected chi connectivity index (χ2v) is 12.8. The summed E-state index contributed by atoms with van der Waals surface area (Å²) in [4.78, 5) is 0. The number of nitrogens with zero attached hydrogens (tertiary/aromatic N) is 3. The standard InChI is InChI=1S/C38H38N3/c1-24(2)27-19-20-30-36-33(40-31-15-10-8-13-28(31)29-14-9-11-16-32(29)40)17-12-18-34(36)41(37(30)25(27)3)35-23-26(38(4,5)6)21-22-39(35)7/h8-24H,1-7H3/q+1. The summed E-state index contributed by atoms with van der Waals surface area (Å²) in [7, 11) is 2.16. The third-order valence-electron chi connectivity index (χ3n) is 8.89. The van der Waals surface area contributed by atoms with Gasteiger partial charge >= 0.3 is 0 Å². The molecule has 0 fully saturated rings. The first-order chi connectivity index (χ1) is 19.7. The van der Waals surface area contributed by atoms with E-state index in [4.69, 9.17) is 0 Å². The van der Waals surface area contributed by atoms with Crippen LogP contribution < -0.4 is 4.57 Å². The van der Waals surface area contributed by atoms with Crippen LogP contribution in [-0.2, 0) is 12.5 Å². The maximum atomic E-state index is 2.51. The first kappa shape index (κ1) is 25.6. The van der Waals surface area contributed by atoms with Crippen molar-refractivity contribution in [2.24, 2.45) is 7.05 Å². The van der Waals surface area contributed by atoms with Crippen LogP contribution in [0.15, 0.2) is 97.2 Å². The maximum Gasteiger partial charge on any atom is 0.287 e. The third-order valence-corrected chi connectivity index (χ3v) is 8.89. The van der Waals surface area contributed by atoms with Crippen molar-refractivity contribution >= 4 is 43.6 Å². The number of benzene rings is 4. The summed E-state index contributed by atoms with van der Waals surface area (Å²) >= 11 is 0. The van der Waals surface area contributed by atoms with Gasteiger partial charge in [-0.1, -0.05) is 83.1 Å². The van der Waals surface area contributed by atoms with Gasteiger partial charge in [0.1, 0.15) is 11.0 Å². The van der Waals surface area contributed by atoms with Gasteiger partial charge in [0, 0.05) is 27.8 Å². The Morgan fingerprint density at radius 3 is 1.95 bits per heavy atom. The zero-order chi connectivity index (χ0) is 28.6. The number of rotatable bonds is 3. The minimum absolute atomic E-state index is 0.0496. The van der Waals surface area contributed by atoms with Crippen molar-refractivity contribution < 1.29 is 4.57 Å². The van der Waals surface area contributed by atoms with Crippen LogP contribution in [0.5, 0.6) is 0 Å². The second kappa shape index (κ2) is 9.07. The molecule has 3 nitrogen and oxygen atoms in total. The van der Waals surface area contributed by atoms with E-state index in [0.29, 0.717) is 5.92 Å². The van der Waals surface area contributed by atoms with E-state index in [0.717, 1.165) is 0 Å². The van der Waals surface area contributed by atoms with E-state index in [9.17, 15) is 0 Å². The van der Waals surface area contributed by atoms with Gasteiger partial charge in [0.15, 0.2) is 0 Å². The van der Waals surface area contributed by atoms with E-state index in [1.165, 1.54) is 71.8 Å². The molecular formula is C38H38N3+. The predicted molar refractivity (Wildman–Crippen MR) is 174 cm³/mol. The fourth-order valence-corrected chi connectivity index (χ4v) is 6.79. The molecule has 3 heteroatoms.